The molecule has 0 aliphatic carbocycles. The van der Waals surface area contributed by atoms with E-state index in [1.807, 2.05) is 80.6 Å². The fourth-order valence-electron chi connectivity index (χ4n) is 3.75. The molecule has 0 aliphatic rings. The first-order valence-corrected chi connectivity index (χ1v) is 11.4. The van der Waals surface area contributed by atoms with Gasteiger partial charge in [0.05, 0.1) is 24.8 Å². The van der Waals surface area contributed by atoms with E-state index in [9.17, 15) is 4.79 Å². The molecular weight excluding hydrogens is 428 g/mol. The van der Waals surface area contributed by atoms with Gasteiger partial charge in [-0.25, -0.2) is 4.98 Å². The third-order valence-electron chi connectivity index (χ3n) is 5.54. The lowest BCUT2D eigenvalue weighted by Gasteiger charge is -2.16. The summed E-state index contributed by atoms with van der Waals surface area (Å²) in [5.74, 6) is 1.56. The number of pyridine rings is 1. The molecule has 0 bridgehead atoms. The molecular formula is C28H28N2O4. The Morgan fingerprint density at radius 1 is 1.03 bits per heavy atom. The second-order valence-corrected chi connectivity index (χ2v) is 7.93. The Labute approximate surface area is 199 Å². The van der Waals surface area contributed by atoms with Crippen LogP contribution >= 0.6 is 0 Å². The summed E-state index contributed by atoms with van der Waals surface area (Å²) >= 11 is 0. The Hall–Kier alpha value is -3.93. The van der Waals surface area contributed by atoms with Crippen molar-refractivity contribution in [2.24, 2.45) is 0 Å². The van der Waals surface area contributed by atoms with Gasteiger partial charge in [0.25, 0.3) is 0 Å². The van der Waals surface area contributed by atoms with E-state index in [2.05, 4.69) is 9.97 Å². The summed E-state index contributed by atoms with van der Waals surface area (Å²) in [4.78, 5) is 21.3. The van der Waals surface area contributed by atoms with Crippen molar-refractivity contribution in [1.82, 2.24) is 9.97 Å². The smallest absolute Gasteiger partial charge is 0.313 e. The van der Waals surface area contributed by atoms with Crippen LogP contribution in [0.4, 0.5) is 0 Å². The highest BCUT2D eigenvalue weighted by Gasteiger charge is 2.22. The minimum Gasteiger partial charge on any atom is -0.493 e. The molecule has 0 fully saturated rings. The average molecular weight is 457 g/mol. The molecule has 0 amide bonds. The second kappa shape index (κ2) is 11.3. The van der Waals surface area contributed by atoms with Crippen molar-refractivity contribution >= 4 is 5.97 Å². The van der Waals surface area contributed by atoms with E-state index >= 15 is 0 Å². The largest absolute Gasteiger partial charge is 0.493 e. The fourth-order valence-corrected chi connectivity index (χ4v) is 3.75. The van der Waals surface area contributed by atoms with Crippen molar-refractivity contribution in [1.29, 1.82) is 0 Å². The second-order valence-electron chi connectivity index (χ2n) is 7.93. The summed E-state index contributed by atoms with van der Waals surface area (Å²) in [5.41, 5.74) is 3.72. The predicted molar refractivity (Wildman–Crippen MR) is 130 cm³/mol. The van der Waals surface area contributed by atoms with Crippen molar-refractivity contribution in [2.75, 3.05) is 13.2 Å². The van der Waals surface area contributed by atoms with E-state index in [0.29, 0.717) is 31.9 Å². The maximum absolute atomic E-state index is 12.5. The first kappa shape index (κ1) is 23.2. The Bertz CT molecular complexity index is 1190. The standard InChI is InChI=1S/C28H28N2O4/c1-3-32-28(31)25(23-10-7-16-29-19-23)18-21-11-13-24(14-12-21)33-17-15-26-20(2)34-27(30-26)22-8-5-4-6-9-22/h4-14,16,19,25H,3,15,17-18H2,1-2H3. The molecule has 4 rings (SSSR count). The van der Waals surface area contributed by atoms with Crippen molar-refractivity contribution in [3.63, 3.8) is 0 Å². The number of ether oxygens (including phenoxy) is 2. The van der Waals surface area contributed by atoms with Crippen LogP contribution in [0.3, 0.4) is 0 Å². The van der Waals surface area contributed by atoms with Crippen LogP contribution in [-0.2, 0) is 22.4 Å². The molecule has 2 aromatic carbocycles. The summed E-state index contributed by atoms with van der Waals surface area (Å²) < 4.78 is 17.0. The van der Waals surface area contributed by atoms with Crippen molar-refractivity contribution in [2.45, 2.75) is 32.6 Å². The van der Waals surface area contributed by atoms with E-state index in [4.69, 9.17) is 13.9 Å². The molecule has 0 N–H and O–H groups in total. The van der Waals surface area contributed by atoms with Gasteiger partial charge in [-0.1, -0.05) is 36.4 Å². The molecule has 6 heteroatoms. The number of aryl methyl sites for hydroxylation is 1. The number of benzene rings is 2. The Morgan fingerprint density at radius 3 is 2.53 bits per heavy atom. The van der Waals surface area contributed by atoms with Crippen LogP contribution in [0.1, 0.15) is 35.4 Å². The molecule has 0 saturated carbocycles. The van der Waals surface area contributed by atoms with Gasteiger partial charge in [-0.3, -0.25) is 9.78 Å². The summed E-state index contributed by atoms with van der Waals surface area (Å²) in [5, 5.41) is 0. The minimum absolute atomic E-state index is 0.242. The lowest BCUT2D eigenvalue weighted by molar-refractivity contribution is -0.144. The highest BCUT2D eigenvalue weighted by atomic mass is 16.5. The van der Waals surface area contributed by atoms with E-state index in [0.717, 1.165) is 33.9 Å². The lowest BCUT2D eigenvalue weighted by Crippen LogP contribution is -2.18. The molecule has 34 heavy (non-hydrogen) atoms. The van der Waals surface area contributed by atoms with E-state index in [1.54, 1.807) is 12.4 Å². The van der Waals surface area contributed by atoms with Crippen LogP contribution < -0.4 is 4.74 Å². The first-order valence-electron chi connectivity index (χ1n) is 11.4. The first-order chi connectivity index (χ1) is 16.6. The number of hydrogen-bond acceptors (Lipinski definition) is 6. The Kier molecular flexibility index (Phi) is 7.71. The highest BCUT2D eigenvalue weighted by Crippen LogP contribution is 2.24. The number of rotatable bonds is 10. The molecule has 174 valence electrons. The zero-order chi connectivity index (χ0) is 23.8. The van der Waals surface area contributed by atoms with Gasteiger partial charge in [0, 0.05) is 24.4 Å². The molecule has 0 saturated heterocycles. The fraction of sp³-hybridized carbons (Fsp3) is 0.250. The number of oxazole rings is 1. The molecule has 0 spiro atoms. The highest BCUT2D eigenvalue weighted by molar-refractivity contribution is 5.78. The number of carbonyl (C=O) groups excluding carboxylic acids is 1. The number of carbonyl (C=O) groups is 1. The zero-order valence-electron chi connectivity index (χ0n) is 19.4. The lowest BCUT2D eigenvalue weighted by atomic mass is 9.93. The third-order valence-corrected chi connectivity index (χ3v) is 5.54. The van der Waals surface area contributed by atoms with Crippen LogP contribution in [0.2, 0.25) is 0 Å². The summed E-state index contributed by atoms with van der Waals surface area (Å²) in [7, 11) is 0. The number of hydrogen-bond donors (Lipinski definition) is 0. The van der Waals surface area contributed by atoms with Crippen LogP contribution in [0.25, 0.3) is 11.5 Å². The monoisotopic (exact) mass is 456 g/mol. The van der Waals surface area contributed by atoms with Gasteiger partial charge >= 0.3 is 5.97 Å². The maximum atomic E-state index is 12.5. The van der Waals surface area contributed by atoms with Crippen LogP contribution in [-0.4, -0.2) is 29.2 Å². The van der Waals surface area contributed by atoms with Gasteiger partial charge < -0.3 is 13.9 Å². The van der Waals surface area contributed by atoms with E-state index in [-0.39, 0.29) is 5.97 Å². The minimum atomic E-state index is -0.394. The van der Waals surface area contributed by atoms with Gasteiger partial charge in [-0.2, -0.15) is 0 Å². The van der Waals surface area contributed by atoms with Crippen molar-refractivity contribution < 1.29 is 18.7 Å². The van der Waals surface area contributed by atoms with Gasteiger partial charge in [0.2, 0.25) is 5.89 Å². The normalized spacial score (nSPS) is 11.7. The SMILES string of the molecule is CCOC(=O)C(Cc1ccc(OCCc2nc(-c3ccccc3)oc2C)cc1)c1cccnc1. The van der Waals surface area contributed by atoms with Gasteiger partial charge in [-0.05, 0) is 61.7 Å². The maximum Gasteiger partial charge on any atom is 0.313 e. The predicted octanol–water partition coefficient (Wildman–Crippen LogP) is 5.56. The molecule has 1 unspecified atom stereocenters. The Morgan fingerprint density at radius 2 is 1.82 bits per heavy atom. The topological polar surface area (TPSA) is 74.5 Å². The molecule has 0 aliphatic heterocycles. The van der Waals surface area contributed by atoms with Crippen molar-refractivity contribution in [3.8, 4) is 17.2 Å². The van der Waals surface area contributed by atoms with Gasteiger partial charge in [0.15, 0.2) is 0 Å². The molecule has 6 nitrogen and oxygen atoms in total. The third kappa shape index (κ3) is 5.90. The summed E-state index contributed by atoms with van der Waals surface area (Å²) in [6, 6.07) is 21.4. The van der Waals surface area contributed by atoms with Crippen LogP contribution in [0, 0.1) is 6.92 Å². The van der Waals surface area contributed by atoms with Crippen LogP contribution in [0.5, 0.6) is 5.75 Å². The van der Waals surface area contributed by atoms with Gasteiger partial charge in [-0.15, -0.1) is 0 Å². The number of aromatic nitrogens is 2. The summed E-state index contributed by atoms with van der Waals surface area (Å²) in [6.45, 7) is 4.57. The molecule has 2 heterocycles. The van der Waals surface area contributed by atoms with Crippen molar-refractivity contribution in [3.05, 3.63) is 102 Å². The molecule has 1 atom stereocenters. The number of nitrogens with zero attached hydrogens (tertiary/aromatic N) is 2. The van der Waals surface area contributed by atoms with E-state index in [1.165, 1.54) is 0 Å². The number of esters is 1. The average Bonchev–Trinajstić information content (AvgIpc) is 3.25. The summed E-state index contributed by atoms with van der Waals surface area (Å²) in [6.07, 6.45) is 4.59. The molecule has 0 radical (unpaired) electrons. The molecule has 4 aromatic rings. The van der Waals surface area contributed by atoms with E-state index < -0.39 is 5.92 Å². The van der Waals surface area contributed by atoms with Crippen LogP contribution in [0.15, 0.2) is 83.5 Å². The molecule has 2 aromatic heterocycles. The zero-order valence-corrected chi connectivity index (χ0v) is 19.4. The van der Waals surface area contributed by atoms with Gasteiger partial charge in [0.1, 0.15) is 11.5 Å². The Balaban J connectivity index is 1.35. The quantitative estimate of drug-likeness (QED) is 0.291.